The summed E-state index contributed by atoms with van der Waals surface area (Å²) in [5.41, 5.74) is 0.0216. The van der Waals surface area contributed by atoms with Crippen molar-refractivity contribution < 1.29 is 29.7 Å². The number of rotatable bonds is 0. The van der Waals surface area contributed by atoms with E-state index in [1.165, 1.54) is 0 Å². The van der Waals surface area contributed by atoms with E-state index >= 15 is 0 Å². The van der Waals surface area contributed by atoms with Gasteiger partial charge in [-0.3, -0.25) is 0 Å². The summed E-state index contributed by atoms with van der Waals surface area (Å²) >= 11 is 0. The molecule has 0 bridgehead atoms. The molecule has 2 rings (SSSR count). The second kappa shape index (κ2) is 6.95. The van der Waals surface area contributed by atoms with Crippen molar-refractivity contribution in [2.45, 2.75) is 33.2 Å². The number of carboxylic acid groups (broad SMARTS) is 3. The molecule has 2 heterocycles. The highest BCUT2D eigenvalue weighted by atomic mass is 16.4. The fraction of sp³-hybridized carbons (Fsp3) is 0.786. The molecule has 0 radical (unpaired) electrons. The molecule has 0 aromatic carbocycles. The average molecular weight is 316 g/mol. The maximum absolute atomic E-state index is 11.3. The lowest BCUT2D eigenvalue weighted by molar-refractivity contribution is -0.159. The van der Waals surface area contributed by atoms with Gasteiger partial charge in [-0.2, -0.15) is 0 Å². The van der Waals surface area contributed by atoms with Crippen molar-refractivity contribution in [3.8, 4) is 0 Å². The quantitative estimate of drug-likeness (QED) is 0.486. The van der Waals surface area contributed by atoms with Crippen LogP contribution in [0.4, 0.5) is 4.79 Å². The van der Waals surface area contributed by atoms with Crippen molar-refractivity contribution in [1.82, 2.24) is 10.2 Å². The van der Waals surface area contributed by atoms with Crippen LogP contribution in [0.5, 0.6) is 0 Å². The van der Waals surface area contributed by atoms with Crippen LogP contribution in [0.1, 0.15) is 27.2 Å². The van der Waals surface area contributed by atoms with Crippen LogP contribution in [-0.2, 0) is 9.59 Å². The Morgan fingerprint density at radius 1 is 1.05 bits per heavy atom. The number of hydrogen-bond donors (Lipinski definition) is 4. The molecule has 0 aliphatic carbocycles. The molecule has 126 valence electrons. The van der Waals surface area contributed by atoms with Crippen molar-refractivity contribution in [3.05, 3.63) is 0 Å². The van der Waals surface area contributed by atoms with E-state index in [1.807, 2.05) is 0 Å². The van der Waals surface area contributed by atoms with Gasteiger partial charge in [-0.05, 0) is 30.2 Å². The predicted octanol–water partition coefficient (Wildman–Crippen LogP) is 0.776. The molecule has 0 aromatic heterocycles. The zero-order valence-corrected chi connectivity index (χ0v) is 13.1. The van der Waals surface area contributed by atoms with Gasteiger partial charge in [0.05, 0.1) is 0 Å². The lowest BCUT2D eigenvalue weighted by atomic mass is 9.71. The number of nitrogens with one attached hydrogen (secondary N) is 1. The van der Waals surface area contributed by atoms with Crippen molar-refractivity contribution in [1.29, 1.82) is 0 Å². The van der Waals surface area contributed by atoms with Crippen LogP contribution in [0.2, 0.25) is 0 Å². The molecule has 2 saturated heterocycles. The molecule has 2 aliphatic heterocycles. The van der Waals surface area contributed by atoms with Crippen LogP contribution in [0.15, 0.2) is 0 Å². The second-order valence-corrected chi connectivity index (χ2v) is 6.77. The number of amides is 1. The average Bonchev–Trinajstić information content (AvgIpc) is 2.84. The van der Waals surface area contributed by atoms with E-state index in [0.717, 1.165) is 19.5 Å². The Hall–Kier alpha value is -1.83. The molecule has 8 heteroatoms. The Balaban J connectivity index is 0.000000346. The van der Waals surface area contributed by atoms with Crippen molar-refractivity contribution in [3.63, 3.8) is 0 Å². The molecular formula is C14H24N2O6. The third-order valence-corrected chi connectivity index (χ3v) is 4.19. The van der Waals surface area contributed by atoms with Crippen molar-refractivity contribution in [2.75, 3.05) is 19.6 Å². The molecule has 8 nitrogen and oxygen atoms in total. The minimum Gasteiger partial charge on any atom is -0.473 e. The van der Waals surface area contributed by atoms with Gasteiger partial charge in [0, 0.05) is 19.1 Å². The van der Waals surface area contributed by atoms with Gasteiger partial charge in [0.1, 0.15) is 0 Å². The largest absolute Gasteiger partial charge is 0.473 e. The van der Waals surface area contributed by atoms with E-state index in [2.05, 4.69) is 26.1 Å². The molecule has 2 aliphatic rings. The zero-order chi connectivity index (χ0) is 17.1. The Labute approximate surface area is 129 Å². The summed E-state index contributed by atoms with van der Waals surface area (Å²) in [5, 5.41) is 27.5. The number of piperidine rings is 1. The van der Waals surface area contributed by atoms with Gasteiger partial charge in [-0.15, -0.1) is 0 Å². The monoisotopic (exact) mass is 316 g/mol. The molecule has 0 spiro atoms. The summed E-state index contributed by atoms with van der Waals surface area (Å²) < 4.78 is 0. The molecule has 2 fully saturated rings. The minimum atomic E-state index is -1.82. The zero-order valence-electron chi connectivity index (χ0n) is 13.1. The first-order chi connectivity index (χ1) is 10.1. The smallest absolute Gasteiger partial charge is 0.414 e. The van der Waals surface area contributed by atoms with E-state index in [0.29, 0.717) is 18.4 Å². The van der Waals surface area contributed by atoms with E-state index < -0.39 is 18.0 Å². The van der Waals surface area contributed by atoms with Gasteiger partial charge in [-0.25, -0.2) is 14.4 Å². The SMILES string of the molecule is CC(C)(C)C1C2CNCC2CCN1C(=O)O.O=C(O)C(=O)O. The first-order valence-corrected chi connectivity index (χ1v) is 7.22. The van der Waals surface area contributed by atoms with Gasteiger partial charge in [-0.1, -0.05) is 20.8 Å². The number of hydrogen-bond acceptors (Lipinski definition) is 4. The molecule has 22 heavy (non-hydrogen) atoms. The normalized spacial score (nSPS) is 27.4. The van der Waals surface area contributed by atoms with E-state index in [4.69, 9.17) is 19.8 Å². The van der Waals surface area contributed by atoms with Crippen molar-refractivity contribution >= 4 is 18.0 Å². The van der Waals surface area contributed by atoms with Crippen LogP contribution < -0.4 is 5.32 Å². The minimum absolute atomic E-state index is 0.0216. The molecular weight excluding hydrogens is 292 g/mol. The standard InChI is InChI=1S/C12H22N2O2.C2H2O4/c1-12(2,3)10-9-7-13-6-8(9)4-5-14(10)11(15)16;3-1(4)2(5)6/h8-10,13H,4-7H2,1-3H3,(H,15,16);(H,3,4)(H,5,6). The molecule has 4 N–H and O–H groups in total. The number of aliphatic carboxylic acids is 2. The van der Waals surface area contributed by atoms with Crippen LogP contribution >= 0.6 is 0 Å². The van der Waals surface area contributed by atoms with Gasteiger partial charge < -0.3 is 25.5 Å². The second-order valence-electron chi connectivity index (χ2n) is 6.77. The number of nitrogens with zero attached hydrogens (tertiary/aromatic N) is 1. The van der Waals surface area contributed by atoms with Crippen LogP contribution in [0, 0.1) is 17.3 Å². The molecule has 0 saturated carbocycles. The predicted molar refractivity (Wildman–Crippen MR) is 77.7 cm³/mol. The summed E-state index contributed by atoms with van der Waals surface area (Å²) in [7, 11) is 0. The number of carboxylic acids is 2. The fourth-order valence-electron chi connectivity index (χ4n) is 3.44. The first-order valence-electron chi connectivity index (χ1n) is 7.22. The summed E-state index contributed by atoms with van der Waals surface area (Å²) in [5.74, 6) is -2.49. The van der Waals surface area contributed by atoms with Crippen LogP contribution in [-0.4, -0.2) is 63.9 Å². The van der Waals surface area contributed by atoms with Crippen molar-refractivity contribution in [2.24, 2.45) is 17.3 Å². The lowest BCUT2D eigenvalue weighted by Crippen LogP contribution is -2.56. The maximum atomic E-state index is 11.3. The van der Waals surface area contributed by atoms with Crippen LogP contribution in [0.25, 0.3) is 0 Å². The molecule has 3 atom stereocenters. The highest BCUT2D eigenvalue weighted by Crippen LogP contribution is 2.40. The lowest BCUT2D eigenvalue weighted by Gasteiger charge is -2.47. The fourth-order valence-corrected chi connectivity index (χ4v) is 3.44. The molecule has 1 amide bonds. The number of carbonyl (C=O) groups is 3. The first kappa shape index (κ1) is 18.2. The third-order valence-electron chi connectivity index (χ3n) is 4.19. The van der Waals surface area contributed by atoms with Gasteiger partial charge >= 0.3 is 18.0 Å². The van der Waals surface area contributed by atoms with Gasteiger partial charge in [0.15, 0.2) is 0 Å². The Morgan fingerprint density at radius 3 is 2.00 bits per heavy atom. The molecule has 0 aromatic rings. The van der Waals surface area contributed by atoms with Gasteiger partial charge in [0.2, 0.25) is 0 Å². The van der Waals surface area contributed by atoms with Gasteiger partial charge in [0.25, 0.3) is 0 Å². The number of fused-ring (bicyclic) bond motifs is 1. The Kier molecular flexibility index (Phi) is 5.76. The summed E-state index contributed by atoms with van der Waals surface area (Å²) in [6, 6.07) is 0.152. The van der Waals surface area contributed by atoms with E-state index in [-0.39, 0.29) is 11.5 Å². The highest BCUT2D eigenvalue weighted by Gasteiger charge is 2.47. The summed E-state index contributed by atoms with van der Waals surface area (Å²) in [6.45, 7) is 9.16. The third kappa shape index (κ3) is 4.33. The van der Waals surface area contributed by atoms with E-state index in [1.54, 1.807) is 4.90 Å². The highest BCUT2D eigenvalue weighted by molar-refractivity contribution is 6.27. The molecule has 3 unspecified atom stereocenters. The Morgan fingerprint density at radius 2 is 1.59 bits per heavy atom. The summed E-state index contributed by atoms with van der Waals surface area (Å²) in [4.78, 5) is 31.2. The maximum Gasteiger partial charge on any atom is 0.414 e. The summed E-state index contributed by atoms with van der Waals surface area (Å²) in [6.07, 6.45) is 0.251. The van der Waals surface area contributed by atoms with E-state index in [9.17, 15) is 9.90 Å². The topological polar surface area (TPSA) is 127 Å². The Bertz CT molecular complexity index is 433. The van der Waals surface area contributed by atoms with Crippen LogP contribution in [0.3, 0.4) is 0 Å². The number of likely N-dealkylation sites (tertiary alicyclic amines) is 1.